The number of benzene rings is 5. The first-order valence-electron chi connectivity index (χ1n) is 12.3. The maximum atomic E-state index is 6.64. The van der Waals surface area contributed by atoms with Crippen molar-refractivity contribution in [1.29, 1.82) is 0 Å². The van der Waals surface area contributed by atoms with E-state index in [-0.39, 0.29) is 5.41 Å². The Morgan fingerprint density at radius 1 is 0.583 bits per heavy atom. The van der Waals surface area contributed by atoms with Gasteiger partial charge in [0.05, 0.1) is 11.4 Å². The Kier molecular flexibility index (Phi) is 4.42. The van der Waals surface area contributed by atoms with Crippen molar-refractivity contribution in [2.45, 2.75) is 19.3 Å². The van der Waals surface area contributed by atoms with Gasteiger partial charge in [-0.25, -0.2) is 5.84 Å². The van der Waals surface area contributed by atoms with E-state index in [1.807, 2.05) is 18.2 Å². The van der Waals surface area contributed by atoms with Crippen molar-refractivity contribution in [3.63, 3.8) is 0 Å². The van der Waals surface area contributed by atoms with Gasteiger partial charge in [0.1, 0.15) is 11.2 Å². The van der Waals surface area contributed by atoms with Crippen molar-refractivity contribution in [3.05, 3.63) is 120 Å². The monoisotopic (exact) mass is 466 g/mol. The molecule has 2 N–H and O–H groups in total. The van der Waals surface area contributed by atoms with Crippen LogP contribution in [0.4, 0.5) is 11.4 Å². The van der Waals surface area contributed by atoms with Crippen LogP contribution in [-0.4, -0.2) is 0 Å². The van der Waals surface area contributed by atoms with E-state index in [0.717, 1.165) is 44.4 Å². The molecule has 174 valence electrons. The Labute approximate surface area is 210 Å². The Morgan fingerprint density at radius 2 is 1.25 bits per heavy atom. The van der Waals surface area contributed by atoms with Crippen LogP contribution in [0.15, 0.2) is 114 Å². The van der Waals surface area contributed by atoms with Crippen LogP contribution in [-0.2, 0) is 5.41 Å². The van der Waals surface area contributed by atoms with E-state index in [1.54, 1.807) is 5.01 Å². The number of fused-ring (bicyclic) bond motifs is 6. The smallest absolute Gasteiger partial charge is 0.135 e. The van der Waals surface area contributed by atoms with Gasteiger partial charge in [0, 0.05) is 16.2 Å². The summed E-state index contributed by atoms with van der Waals surface area (Å²) in [5.41, 5.74) is 11.3. The van der Waals surface area contributed by atoms with E-state index < -0.39 is 0 Å². The van der Waals surface area contributed by atoms with Gasteiger partial charge in [0.15, 0.2) is 0 Å². The molecule has 36 heavy (non-hydrogen) atoms. The molecule has 0 atom stereocenters. The molecule has 1 aromatic heterocycles. The van der Waals surface area contributed by atoms with E-state index in [4.69, 9.17) is 10.3 Å². The van der Waals surface area contributed by atoms with Gasteiger partial charge in [-0.15, -0.1) is 0 Å². The summed E-state index contributed by atoms with van der Waals surface area (Å²) in [5, 5.41) is 4.05. The van der Waals surface area contributed by atoms with Crippen molar-refractivity contribution < 1.29 is 4.42 Å². The topological polar surface area (TPSA) is 42.4 Å². The van der Waals surface area contributed by atoms with Crippen molar-refractivity contribution in [1.82, 2.24) is 0 Å². The average Bonchev–Trinajstić information content (AvgIpc) is 3.40. The van der Waals surface area contributed by atoms with E-state index in [9.17, 15) is 0 Å². The first-order valence-corrected chi connectivity index (χ1v) is 12.3. The highest BCUT2D eigenvalue weighted by Crippen LogP contribution is 2.49. The summed E-state index contributed by atoms with van der Waals surface area (Å²) in [4.78, 5) is 0. The van der Waals surface area contributed by atoms with Gasteiger partial charge in [0.2, 0.25) is 0 Å². The standard InChI is InChI=1S/C33H26N2O/c1-33(2)29-9-5-3-7-25(29)26-17-16-24(20-30(26)33)35(34)23-14-11-21(12-15-23)22-13-18-32-28(19-22)27-8-4-6-10-31(27)36-32/h3-20H,34H2,1-2H3. The van der Waals surface area contributed by atoms with Crippen LogP contribution in [0.1, 0.15) is 25.0 Å². The number of hydrogen-bond acceptors (Lipinski definition) is 3. The largest absolute Gasteiger partial charge is 0.456 e. The Hall–Kier alpha value is -4.34. The minimum Gasteiger partial charge on any atom is -0.456 e. The fourth-order valence-corrected chi connectivity index (χ4v) is 5.71. The van der Waals surface area contributed by atoms with E-state index in [0.29, 0.717) is 0 Å². The quantitative estimate of drug-likeness (QED) is 0.210. The number of anilines is 2. The molecule has 0 spiro atoms. The summed E-state index contributed by atoms with van der Waals surface area (Å²) in [5.74, 6) is 6.64. The average molecular weight is 467 g/mol. The summed E-state index contributed by atoms with van der Waals surface area (Å²) >= 11 is 0. The molecule has 7 rings (SSSR count). The maximum Gasteiger partial charge on any atom is 0.135 e. The van der Waals surface area contributed by atoms with E-state index in [1.165, 1.54) is 22.3 Å². The fraction of sp³-hybridized carbons (Fsp3) is 0.0909. The fourth-order valence-electron chi connectivity index (χ4n) is 5.71. The van der Waals surface area contributed by atoms with Crippen molar-refractivity contribution in [2.24, 2.45) is 5.84 Å². The summed E-state index contributed by atoms with van der Waals surface area (Å²) in [7, 11) is 0. The highest BCUT2D eigenvalue weighted by molar-refractivity contribution is 6.06. The van der Waals surface area contributed by atoms with Crippen LogP contribution in [0.5, 0.6) is 0 Å². The van der Waals surface area contributed by atoms with Gasteiger partial charge in [-0.1, -0.05) is 80.6 Å². The minimum atomic E-state index is -0.0530. The Morgan fingerprint density at radius 3 is 2.11 bits per heavy atom. The number of para-hydroxylation sites is 1. The molecular weight excluding hydrogens is 440 g/mol. The molecule has 3 heteroatoms. The second kappa shape index (κ2) is 7.58. The number of furan rings is 1. The molecule has 0 saturated heterocycles. The van der Waals surface area contributed by atoms with Gasteiger partial charge >= 0.3 is 0 Å². The predicted octanol–water partition coefficient (Wildman–Crippen LogP) is 8.57. The zero-order valence-electron chi connectivity index (χ0n) is 20.3. The molecule has 0 fully saturated rings. The third-order valence-electron chi connectivity index (χ3n) is 7.70. The lowest BCUT2D eigenvalue weighted by Gasteiger charge is -2.24. The normalized spacial score (nSPS) is 13.6. The lowest BCUT2D eigenvalue weighted by atomic mass is 9.82. The molecule has 1 aliphatic rings. The van der Waals surface area contributed by atoms with Gasteiger partial charge in [-0.05, 0) is 75.8 Å². The SMILES string of the molecule is CC1(C)c2ccccc2-c2ccc(N(N)c3ccc(-c4ccc5oc6ccccc6c5c4)cc3)cc21. The van der Waals surface area contributed by atoms with E-state index in [2.05, 4.69) is 105 Å². The number of rotatable bonds is 3. The number of nitrogens with zero attached hydrogens (tertiary/aromatic N) is 1. The molecule has 1 heterocycles. The van der Waals surface area contributed by atoms with Gasteiger partial charge < -0.3 is 4.42 Å². The van der Waals surface area contributed by atoms with Gasteiger partial charge in [0.25, 0.3) is 0 Å². The first-order chi connectivity index (χ1) is 17.5. The molecule has 0 saturated carbocycles. The zero-order valence-corrected chi connectivity index (χ0v) is 20.3. The number of hydrazine groups is 1. The van der Waals surface area contributed by atoms with Crippen molar-refractivity contribution >= 4 is 33.3 Å². The van der Waals surface area contributed by atoms with Gasteiger partial charge in [-0.3, -0.25) is 5.01 Å². The molecule has 0 radical (unpaired) electrons. The molecule has 5 aromatic carbocycles. The van der Waals surface area contributed by atoms with Crippen LogP contribution < -0.4 is 10.9 Å². The minimum absolute atomic E-state index is 0.0530. The first kappa shape index (κ1) is 21.0. The Balaban J connectivity index is 1.21. The molecule has 1 aliphatic carbocycles. The van der Waals surface area contributed by atoms with Crippen molar-refractivity contribution in [3.8, 4) is 22.3 Å². The molecule has 3 nitrogen and oxygen atoms in total. The lowest BCUT2D eigenvalue weighted by molar-refractivity contribution is 0.660. The number of hydrogen-bond donors (Lipinski definition) is 1. The predicted molar refractivity (Wildman–Crippen MR) is 149 cm³/mol. The van der Waals surface area contributed by atoms with Crippen LogP contribution in [0.25, 0.3) is 44.2 Å². The van der Waals surface area contributed by atoms with Crippen LogP contribution in [0.2, 0.25) is 0 Å². The van der Waals surface area contributed by atoms with Crippen LogP contribution >= 0.6 is 0 Å². The molecule has 0 aliphatic heterocycles. The zero-order chi connectivity index (χ0) is 24.4. The molecule has 0 bridgehead atoms. The second-order valence-corrected chi connectivity index (χ2v) is 10.1. The molecule has 0 amide bonds. The summed E-state index contributed by atoms with van der Waals surface area (Å²) in [6, 6.07) is 38.2. The number of nitrogens with two attached hydrogens (primary N) is 1. The highest BCUT2D eigenvalue weighted by atomic mass is 16.3. The van der Waals surface area contributed by atoms with Gasteiger partial charge in [-0.2, -0.15) is 0 Å². The Bertz CT molecular complexity index is 1780. The summed E-state index contributed by atoms with van der Waals surface area (Å²) in [6.07, 6.45) is 0. The summed E-state index contributed by atoms with van der Waals surface area (Å²) < 4.78 is 5.99. The summed E-state index contributed by atoms with van der Waals surface area (Å²) in [6.45, 7) is 4.58. The van der Waals surface area contributed by atoms with Crippen LogP contribution in [0, 0.1) is 0 Å². The van der Waals surface area contributed by atoms with Crippen molar-refractivity contribution in [2.75, 3.05) is 5.01 Å². The third kappa shape index (κ3) is 3.03. The van der Waals surface area contributed by atoms with Crippen LogP contribution in [0.3, 0.4) is 0 Å². The maximum absolute atomic E-state index is 6.64. The second-order valence-electron chi connectivity index (χ2n) is 10.1. The molecule has 0 unspecified atom stereocenters. The third-order valence-corrected chi connectivity index (χ3v) is 7.70. The lowest BCUT2D eigenvalue weighted by Crippen LogP contribution is -2.25. The highest BCUT2D eigenvalue weighted by Gasteiger charge is 2.35. The van der Waals surface area contributed by atoms with E-state index >= 15 is 0 Å². The molecular formula is C33H26N2O. The molecule has 6 aromatic rings.